The molecule has 3 heterocycles. The van der Waals surface area contributed by atoms with Crippen molar-refractivity contribution in [2.75, 3.05) is 50.0 Å². The summed E-state index contributed by atoms with van der Waals surface area (Å²) in [5, 5.41) is 0. The van der Waals surface area contributed by atoms with Gasteiger partial charge in [-0.3, -0.25) is 9.69 Å². The van der Waals surface area contributed by atoms with Crippen LogP contribution in [0.3, 0.4) is 0 Å². The number of alkyl halides is 1. The molecular formula is C24H29ClN4O2. The van der Waals surface area contributed by atoms with E-state index in [-0.39, 0.29) is 11.8 Å². The Labute approximate surface area is 189 Å². The molecule has 1 amide bonds. The topological polar surface area (TPSA) is 48.9 Å². The fourth-order valence-electron chi connectivity index (χ4n) is 4.08. The van der Waals surface area contributed by atoms with Gasteiger partial charge in [0.15, 0.2) is 0 Å². The molecule has 2 aromatic rings. The van der Waals surface area contributed by atoms with Crippen LogP contribution in [0.25, 0.3) is 0 Å². The van der Waals surface area contributed by atoms with E-state index in [0.717, 1.165) is 56.9 Å². The van der Waals surface area contributed by atoms with Crippen LogP contribution in [0.2, 0.25) is 0 Å². The fraction of sp³-hybridized carbons (Fsp3) is 0.417. The summed E-state index contributed by atoms with van der Waals surface area (Å²) in [4.78, 5) is 24.2. The van der Waals surface area contributed by atoms with Crippen LogP contribution < -0.4 is 9.64 Å². The first kappa shape index (κ1) is 21.7. The zero-order valence-corrected chi connectivity index (χ0v) is 18.7. The third-order valence-corrected chi connectivity index (χ3v) is 6.14. The minimum absolute atomic E-state index is 0.0351. The van der Waals surface area contributed by atoms with Gasteiger partial charge in [-0.25, -0.2) is 4.98 Å². The van der Waals surface area contributed by atoms with Gasteiger partial charge in [-0.15, -0.1) is 11.6 Å². The van der Waals surface area contributed by atoms with Crippen molar-refractivity contribution in [3.8, 4) is 5.75 Å². The first-order valence-corrected chi connectivity index (χ1v) is 11.4. The van der Waals surface area contributed by atoms with E-state index >= 15 is 0 Å². The second-order valence-corrected chi connectivity index (χ2v) is 8.31. The Bertz CT molecular complexity index is 926. The highest BCUT2D eigenvalue weighted by Crippen LogP contribution is 2.27. The van der Waals surface area contributed by atoms with Gasteiger partial charge in [0, 0.05) is 38.9 Å². The lowest BCUT2D eigenvalue weighted by Crippen LogP contribution is -2.47. The first-order chi connectivity index (χ1) is 15.2. The van der Waals surface area contributed by atoms with Crippen LogP contribution in [-0.2, 0) is 0 Å². The predicted octanol–water partition coefficient (Wildman–Crippen LogP) is 3.91. The lowest BCUT2D eigenvalue weighted by Gasteiger charge is -2.35. The molecule has 0 saturated carbocycles. The maximum absolute atomic E-state index is 13.1. The van der Waals surface area contributed by atoms with E-state index in [9.17, 15) is 4.79 Å². The number of piperazine rings is 1. The van der Waals surface area contributed by atoms with Crippen molar-refractivity contribution < 1.29 is 9.53 Å². The second kappa shape index (κ2) is 10.2. The molecule has 6 nitrogen and oxygen atoms in total. The number of allylic oxidation sites excluding steroid dienone is 1. The number of rotatable bonds is 7. The molecule has 0 radical (unpaired) electrons. The summed E-state index contributed by atoms with van der Waals surface area (Å²) in [6.07, 6.45) is 5.41. The van der Waals surface area contributed by atoms with Crippen LogP contribution in [0, 0.1) is 6.92 Å². The van der Waals surface area contributed by atoms with E-state index in [4.69, 9.17) is 16.3 Å². The Balaban J connectivity index is 1.27. The average Bonchev–Trinajstić information content (AvgIpc) is 2.94. The Hall–Kier alpha value is -2.57. The lowest BCUT2D eigenvalue weighted by molar-refractivity contribution is 0.0804. The number of carbonyl (C=O) groups is 1. The Morgan fingerprint density at radius 3 is 2.61 bits per heavy atom. The van der Waals surface area contributed by atoms with E-state index in [1.807, 2.05) is 43.5 Å². The van der Waals surface area contributed by atoms with Gasteiger partial charge >= 0.3 is 0 Å². The Morgan fingerprint density at radius 1 is 1.06 bits per heavy atom. The van der Waals surface area contributed by atoms with E-state index < -0.39 is 0 Å². The number of benzene rings is 1. The van der Waals surface area contributed by atoms with Crippen molar-refractivity contribution in [3.63, 3.8) is 0 Å². The highest BCUT2D eigenvalue weighted by Gasteiger charge is 2.26. The van der Waals surface area contributed by atoms with Crippen LogP contribution in [0.1, 0.15) is 28.8 Å². The van der Waals surface area contributed by atoms with E-state index in [0.29, 0.717) is 23.6 Å². The quantitative estimate of drug-likeness (QED) is 0.482. The number of pyridine rings is 1. The molecule has 31 heavy (non-hydrogen) atoms. The standard InChI is InChI=1S/C24H29ClN4O2/c1-19-7-8-22-21(16-19)24(30)29(20(17-25)18-31-22)11-5-4-10-27-12-14-28(15-13-27)23-6-2-3-9-26-23/h2-3,6-9,16,18H,4-5,10-15,17H2,1H3. The summed E-state index contributed by atoms with van der Waals surface area (Å²) in [6, 6.07) is 11.7. The number of amides is 1. The normalized spacial score (nSPS) is 17.1. The van der Waals surface area contributed by atoms with Gasteiger partial charge < -0.3 is 14.5 Å². The third kappa shape index (κ3) is 5.20. The van der Waals surface area contributed by atoms with E-state index in [2.05, 4.69) is 20.9 Å². The highest BCUT2D eigenvalue weighted by molar-refractivity contribution is 6.19. The summed E-state index contributed by atoms with van der Waals surface area (Å²) >= 11 is 6.13. The van der Waals surface area contributed by atoms with Gasteiger partial charge in [0.25, 0.3) is 5.91 Å². The molecular weight excluding hydrogens is 412 g/mol. The maximum atomic E-state index is 13.1. The first-order valence-electron chi connectivity index (χ1n) is 10.9. The molecule has 0 spiro atoms. The van der Waals surface area contributed by atoms with Crippen LogP contribution in [0.15, 0.2) is 54.6 Å². The van der Waals surface area contributed by atoms with Gasteiger partial charge in [-0.05, 0) is 50.6 Å². The highest BCUT2D eigenvalue weighted by atomic mass is 35.5. The largest absolute Gasteiger partial charge is 0.462 e. The SMILES string of the molecule is Cc1ccc2c(c1)C(=O)N(CCCCN1CCN(c3ccccn3)CC1)C(CCl)=CO2. The number of carbonyl (C=O) groups excluding carboxylic acids is 1. The molecule has 1 aromatic heterocycles. The molecule has 164 valence electrons. The van der Waals surface area contributed by atoms with Crippen LogP contribution in [0.4, 0.5) is 5.82 Å². The number of hydrogen-bond donors (Lipinski definition) is 0. The Kier molecular flexibility index (Phi) is 7.10. The summed E-state index contributed by atoms with van der Waals surface area (Å²) in [5.41, 5.74) is 2.35. The molecule has 0 bridgehead atoms. The lowest BCUT2D eigenvalue weighted by atomic mass is 10.1. The number of fused-ring (bicyclic) bond motifs is 1. The molecule has 1 aromatic carbocycles. The monoisotopic (exact) mass is 440 g/mol. The van der Waals surface area contributed by atoms with E-state index in [1.54, 1.807) is 11.2 Å². The molecule has 0 atom stereocenters. The fourth-order valence-corrected chi connectivity index (χ4v) is 4.29. The number of aromatic nitrogens is 1. The summed E-state index contributed by atoms with van der Waals surface area (Å²) in [6.45, 7) is 7.71. The molecule has 2 aliphatic heterocycles. The smallest absolute Gasteiger partial charge is 0.261 e. The van der Waals surface area contributed by atoms with Crippen LogP contribution in [0.5, 0.6) is 5.75 Å². The van der Waals surface area contributed by atoms with Crippen LogP contribution in [-0.4, -0.2) is 65.8 Å². The number of anilines is 1. The predicted molar refractivity (Wildman–Crippen MR) is 124 cm³/mol. The molecule has 7 heteroatoms. The zero-order chi connectivity index (χ0) is 21.6. The molecule has 0 unspecified atom stereocenters. The number of unbranched alkanes of at least 4 members (excludes halogenated alkanes) is 1. The van der Waals surface area contributed by atoms with Crippen molar-refractivity contribution in [1.29, 1.82) is 0 Å². The number of nitrogens with zero attached hydrogens (tertiary/aromatic N) is 4. The van der Waals surface area contributed by atoms with Crippen molar-refractivity contribution in [2.45, 2.75) is 19.8 Å². The molecule has 0 N–H and O–H groups in total. The second-order valence-electron chi connectivity index (χ2n) is 8.04. The van der Waals surface area contributed by atoms with Crippen molar-refractivity contribution in [2.24, 2.45) is 0 Å². The van der Waals surface area contributed by atoms with Gasteiger partial charge in [0.1, 0.15) is 17.8 Å². The number of aryl methyl sites for hydroxylation is 1. The molecule has 1 fully saturated rings. The van der Waals surface area contributed by atoms with Gasteiger partial charge in [0.05, 0.1) is 17.1 Å². The minimum Gasteiger partial charge on any atom is -0.462 e. The van der Waals surface area contributed by atoms with Gasteiger partial charge in [-0.2, -0.15) is 0 Å². The van der Waals surface area contributed by atoms with Crippen molar-refractivity contribution >= 4 is 23.3 Å². The van der Waals surface area contributed by atoms with E-state index in [1.165, 1.54) is 0 Å². The number of ether oxygens (including phenoxy) is 1. The number of halogens is 1. The molecule has 2 aliphatic rings. The number of hydrogen-bond acceptors (Lipinski definition) is 5. The summed E-state index contributed by atoms with van der Waals surface area (Å²) in [7, 11) is 0. The zero-order valence-electron chi connectivity index (χ0n) is 18.0. The molecule has 4 rings (SSSR count). The van der Waals surface area contributed by atoms with Gasteiger partial charge in [-0.1, -0.05) is 17.7 Å². The maximum Gasteiger partial charge on any atom is 0.261 e. The van der Waals surface area contributed by atoms with Crippen LogP contribution >= 0.6 is 11.6 Å². The molecule has 1 saturated heterocycles. The Morgan fingerprint density at radius 2 is 1.87 bits per heavy atom. The summed E-state index contributed by atoms with van der Waals surface area (Å²) in [5.74, 6) is 1.85. The average molecular weight is 441 g/mol. The van der Waals surface area contributed by atoms with Crippen molar-refractivity contribution in [1.82, 2.24) is 14.8 Å². The molecule has 0 aliphatic carbocycles. The van der Waals surface area contributed by atoms with Crippen molar-refractivity contribution in [3.05, 3.63) is 65.7 Å². The minimum atomic E-state index is -0.0351. The van der Waals surface area contributed by atoms with Gasteiger partial charge in [0.2, 0.25) is 0 Å². The third-order valence-electron chi connectivity index (χ3n) is 5.87. The summed E-state index contributed by atoms with van der Waals surface area (Å²) < 4.78 is 5.73.